The molecule has 0 aliphatic carbocycles. The smallest absolute Gasteiger partial charge is 0.744 e. The van der Waals surface area contributed by atoms with Gasteiger partial charge >= 0.3 is 59.1 Å². The van der Waals surface area contributed by atoms with Crippen LogP contribution in [0.15, 0.2) is 137 Å². The molecule has 0 spiro atoms. The van der Waals surface area contributed by atoms with Gasteiger partial charge in [0.15, 0.2) is 0 Å². The van der Waals surface area contributed by atoms with Crippen LogP contribution in [-0.2, 0) is 40.5 Å². The molecule has 0 radical (unpaired) electrons. The van der Waals surface area contributed by atoms with Gasteiger partial charge in [0, 0.05) is 10.8 Å². The van der Waals surface area contributed by atoms with Crippen LogP contribution < -0.4 is 59.1 Å². The van der Waals surface area contributed by atoms with Gasteiger partial charge in [0.1, 0.15) is 43.1 Å². The van der Waals surface area contributed by atoms with E-state index >= 15 is 0 Å². The van der Waals surface area contributed by atoms with Gasteiger partial charge in [-0.3, -0.25) is 9.11 Å². The zero-order valence-electron chi connectivity index (χ0n) is 30.5. The maximum atomic E-state index is 11.2. The fourth-order valence-corrected chi connectivity index (χ4v) is 7.23. The Bertz CT molecular complexity index is 2880. The summed E-state index contributed by atoms with van der Waals surface area (Å²) in [4.78, 5) is -1.40. The molecular formula is C34H26N4Na2O14S4. The van der Waals surface area contributed by atoms with Gasteiger partial charge in [-0.1, -0.05) is 24.3 Å². The Morgan fingerprint density at radius 1 is 0.448 bits per heavy atom. The van der Waals surface area contributed by atoms with E-state index in [-0.39, 0.29) is 91.8 Å². The van der Waals surface area contributed by atoms with Gasteiger partial charge in [-0.15, -0.1) is 10.2 Å². The molecule has 0 atom stereocenters. The van der Waals surface area contributed by atoms with Gasteiger partial charge in [0.2, 0.25) is 0 Å². The molecule has 0 amide bonds. The van der Waals surface area contributed by atoms with Crippen molar-refractivity contribution in [3.63, 3.8) is 0 Å². The van der Waals surface area contributed by atoms with Crippen LogP contribution in [0.5, 0.6) is 11.5 Å². The van der Waals surface area contributed by atoms with Gasteiger partial charge in [-0.05, 0) is 109 Å². The minimum absolute atomic E-state index is 0. The number of fused-ring (bicyclic) bond motifs is 2. The summed E-state index contributed by atoms with van der Waals surface area (Å²) in [7, 11) is -18.0. The predicted octanol–water partition coefficient (Wildman–Crippen LogP) is 0.848. The van der Waals surface area contributed by atoms with Crippen LogP contribution in [-0.4, -0.2) is 62.1 Å². The SMILES string of the molecule is Cc1cc(S(=O)(=O)O)ccc1N=Nc1c(O)ccc2cc(S(=O)(=O)[O-])ccc12.Cc1cc(S(=O)(=O)O)ccc1N=Nc1c(O)ccc2cc(S(=O)(=O)[O-])ccc12.[Na+].[Na+]. The summed E-state index contributed by atoms with van der Waals surface area (Å²) >= 11 is 0. The maximum absolute atomic E-state index is 11.2. The molecule has 0 saturated heterocycles. The molecule has 292 valence electrons. The summed E-state index contributed by atoms with van der Waals surface area (Å²) in [6, 6.07) is 20.1. The molecule has 4 N–H and O–H groups in total. The first-order chi connectivity index (χ1) is 25.9. The largest absolute Gasteiger partial charge is 1.00 e. The van der Waals surface area contributed by atoms with Crippen molar-refractivity contribution >= 4 is 84.8 Å². The minimum atomic E-state index is -4.63. The molecule has 0 bridgehead atoms. The van der Waals surface area contributed by atoms with E-state index in [1.54, 1.807) is 13.8 Å². The van der Waals surface area contributed by atoms with Gasteiger partial charge in [-0.25, -0.2) is 16.8 Å². The fourth-order valence-electron chi connectivity index (χ4n) is 5.09. The average molecular weight is 889 g/mol. The van der Waals surface area contributed by atoms with Gasteiger partial charge < -0.3 is 19.3 Å². The van der Waals surface area contributed by atoms with Gasteiger partial charge in [-0.2, -0.15) is 27.1 Å². The normalized spacial score (nSPS) is 12.2. The monoisotopic (exact) mass is 888 g/mol. The van der Waals surface area contributed by atoms with Crippen molar-refractivity contribution in [1.29, 1.82) is 0 Å². The first-order valence-electron chi connectivity index (χ1n) is 15.4. The number of azo groups is 2. The van der Waals surface area contributed by atoms with E-state index in [1.807, 2.05) is 0 Å². The number of aryl methyl sites for hydroxylation is 2. The van der Waals surface area contributed by atoms with Gasteiger partial charge in [0.25, 0.3) is 20.2 Å². The Morgan fingerprint density at radius 2 is 0.776 bits per heavy atom. The molecule has 6 aromatic carbocycles. The molecular weight excluding hydrogens is 863 g/mol. The van der Waals surface area contributed by atoms with Crippen LogP contribution in [0.25, 0.3) is 21.5 Å². The molecule has 18 nitrogen and oxygen atoms in total. The number of aromatic hydroxyl groups is 2. The quantitative estimate of drug-likeness (QED) is 0.0936. The molecule has 6 rings (SSSR count). The number of hydrogen-bond acceptors (Lipinski definition) is 16. The van der Waals surface area contributed by atoms with E-state index in [1.165, 1.54) is 72.8 Å². The Hall–Kier alpha value is -3.72. The molecule has 0 aliphatic rings. The number of phenolic OH excluding ortho intramolecular Hbond substituents is 2. The molecule has 0 heterocycles. The van der Waals surface area contributed by atoms with E-state index < -0.39 is 50.3 Å². The second-order valence-corrected chi connectivity index (χ2v) is 17.4. The summed E-state index contributed by atoms with van der Waals surface area (Å²) in [6.07, 6.45) is 0. The van der Waals surface area contributed by atoms with Crippen molar-refractivity contribution in [2.75, 3.05) is 0 Å². The summed E-state index contributed by atoms with van der Waals surface area (Å²) in [5.41, 5.74) is 1.51. The van der Waals surface area contributed by atoms with E-state index in [0.29, 0.717) is 44.0 Å². The molecule has 0 saturated carbocycles. The van der Waals surface area contributed by atoms with Crippen LogP contribution in [0.4, 0.5) is 22.7 Å². The van der Waals surface area contributed by atoms with Crippen LogP contribution >= 0.6 is 0 Å². The molecule has 0 aromatic heterocycles. The number of rotatable bonds is 8. The maximum Gasteiger partial charge on any atom is 1.00 e. The molecule has 0 fully saturated rings. The second-order valence-electron chi connectivity index (χ2n) is 11.8. The fraction of sp³-hybridized carbons (Fsp3) is 0.0588. The van der Waals surface area contributed by atoms with Crippen molar-refractivity contribution in [3.05, 3.63) is 108 Å². The third kappa shape index (κ3) is 11.7. The number of hydrogen-bond donors (Lipinski definition) is 4. The number of nitrogens with zero attached hydrogens (tertiary/aromatic N) is 4. The summed E-state index contributed by atoms with van der Waals surface area (Å²) in [5.74, 6) is -0.442. The number of benzene rings is 6. The first kappa shape index (κ1) is 48.6. The molecule has 0 aliphatic heterocycles. The zero-order valence-corrected chi connectivity index (χ0v) is 37.8. The Balaban J connectivity index is 0.000000300. The van der Waals surface area contributed by atoms with Crippen molar-refractivity contribution in [1.82, 2.24) is 0 Å². The van der Waals surface area contributed by atoms with E-state index in [9.17, 15) is 53.0 Å². The molecule has 6 aromatic rings. The number of phenols is 2. The molecule has 58 heavy (non-hydrogen) atoms. The summed E-state index contributed by atoms with van der Waals surface area (Å²) in [5, 5.41) is 37.6. The van der Waals surface area contributed by atoms with E-state index in [4.69, 9.17) is 9.11 Å². The third-order valence-corrected chi connectivity index (χ3v) is 11.3. The topological polar surface area (TPSA) is 313 Å². The zero-order chi connectivity index (χ0) is 41.4. The predicted molar refractivity (Wildman–Crippen MR) is 197 cm³/mol. The minimum Gasteiger partial charge on any atom is -0.744 e. The van der Waals surface area contributed by atoms with Crippen molar-refractivity contribution in [2.24, 2.45) is 20.5 Å². The summed E-state index contributed by atoms with van der Waals surface area (Å²) in [6.45, 7) is 3.13. The molecule has 0 unspecified atom stereocenters. The van der Waals surface area contributed by atoms with Crippen LogP contribution in [0.1, 0.15) is 11.1 Å². The Labute approximate surface area is 376 Å². The van der Waals surface area contributed by atoms with Crippen molar-refractivity contribution < 1.29 is 121 Å². The van der Waals surface area contributed by atoms with Crippen LogP contribution in [0.3, 0.4) is 0 Å². The Kier molecular flexibility index (Phi) is 15.7. The van der Waals surface area contributed by atoms with Crippen LogP contribution in [0, 0.1) is 13.8 Å². The summed E-state index contributed by atoms with van der Waals surface area (Å²) < 4.78 is 130. The van der Waals surface area contributed by atoms with Crippen molar-refractivity contribution in [2.45, 2.75) is 33.4 Å². The van der Waals surface area contributed by atoms with Crippen LogP contribution in [0.2, 0.25) is 0 Å². The Morgan fingerprint density at radius 3 is 1.07 bits per heavy atom. The molecule has 24 heteroatoms. The van der Waals surface area contributed by atoms with Crippen molar-refractivity contribution in [3.8, 4) is 11.5 Å². The second kappa shape index (κ2) is 18.7. The average Bonchev–Trinajstić information content (AvgIpc) is 3.10. The van der Waals surface area contributed by atoms with Gasteiger partial charge in [0.05, 0.1) is 31.0 Å². The standard InChI is InChI=1S/2C17H14N2O7S2.2Na/c2*1-10-8-12(27(21,22)23)4-6-15(10)18-19-17-14-5-3-13(28(24,25)26)9-11(14)2-7-16(17)20;;/h2*2-9,20H,1H3,(H,21,22,23)(H,24,25,26);;/q;;2*+1/p-2. The first-order valence-corrected chi connectivity index (χ1v) is 21.1. The third-order valence-electron chi connectivity index (χ3n) is 7.91. The van der Waals surface area contributed by atoms with E-state index in [2.05, 4.69) is 20.5 Å². The van der Waals surface area contributed by atoms with E-state index in [0.717, 1.165) is 24.3 Å².